The van der Waals surface area contributed by atoms with Gasteiger partial charge in [0.1, 0.15) is 5.82 Å². The predicted molar refractivity (Wildman–Crippen MR) is 93.0 cm³/mol. The highest BCUT2D eigenvalue weighted by atomic mass is 19.1. The fourth-order valence-corrected chi connectivity index (χ4v) is 2.51. The molecule has 1 aromatic heterocycles. The average Bonchev–Trinajstić information content (AvgIpc) is 3.11. The Morgan fingerprint density at radius 3 is 2.76 bits per heavy atom. The fourth-order valence-electron chi connectivity index (χ4n) is 2.51. The first-order chi connectivity index (χ1) is 12.1. The van der Waals surface area contributed by atoms with Crippen LogP contribution in [0.3, 0.4) is 0 Å². The van der Waals surface area contributed by atoms with Crippen LogP contribution in [0.4, 0.5) is 4.39 Å². The zero-order valence-electron chi connectivity index (χ0n) is 13.9. The largest absolute Gasteiger partial charge is 0.348 e. The Morgan fingerprint density at radius 2 is 2.00 bits per heavy atom. The van der Waals surface area contributed by atoms with Gasteiger partial charge in [0.15, 0.2) is 5.69 Å². The quantitative estimate of drug-likeness (QED) is 0.751. The number of carbonyl (C=O) groups is 1. The van der Waals surface area contributed by atoms with Gasteiger partial charge in [-0.2, -0.15) is 0 Å². The third-order valence-electron chi connectivity index (χ3n) is 3.89. The Morgan fingerprint density at radius 1 is 1.20 bits per heavy atom. The van der Waals surface area contributed by atoms with Crippen molar-refractivity contribution >= 4 is 5.91 Å². The van der Waals surface area contributed by atoms with E-state index in [9.17, 15) is 9.18 Å². The molecule has 1 heterocycles. The lowest BCUT2D eigenvalue weighted by Crippen LogP contribution is -2.33. The van der Waals surface area contributed by atoms with Gasteiger partial charge in [0.25, 0.3) is 5.91 Å². The summed E-state index contributed by atoms with van der Waals surface area (Å²) in [5.74, 6) is -0.656. The number of hydrogen-bond donors (Lipinski definition) is 1. The molecule has 0 spiro atoms. The minimum absolute atomic E-state index is 0.00651. The van der Waals surface area contributed by atoms with Crippen LogP contribution in [0.15, 0.2) is 60.8 Å². The van der Waals surface area contributed by atoms with E-state index in [1.807, 2.05) is 25.1 Å². The molecule has 0 aliphatic heterocycles. The monoisotopic (exact) mass is 338 g/mol. The second-order valence-electron chi connectivity index (χ2n) is 5.93. The first kappa shape index (κ1) is 16.8. The van der Waals surface area contributed by atoms with Crippen LogP contribution in [-0.4, -0.2) is 26.9 Å². The highest BCUT2D eigenvalue weighted by molar-refractivity contribution is 5.92. The molecule has 0 radical (unpaired) electrons. The molecule has 0 bridgehead atoms. The maximum Gasteiger partial charge on any atom is 0.273 e. The van der Waals surface area contributed by atoms with Crippen molar-refractivity contribution in [1.82, 2.24) is 20.3 Å². The number of nitrogens with one attached hydrogen (secondary N) is 1. The number of aromatic nitrogens is 3. The number of rotatable bonds is 6. The lowest BCUT2D eigenvalue weighted by Gasteiger charge is -2.12. The molecule has 0 unspecified atom stereocenters. The summed E-state index contributed by atoms with van der Waals surface area (Å²) in [4.78, 5) is 12.3. The van der Waals surface area contributed by atoms with Gasteiger partial charge < -0.3 is 5.32 Å². The van der Waals surface area contributed by atoms with E-state index in [1.165, 1.54) is 28.6 Å². The van der Waals surface area contributed by atoms with Crippen LogP contribution in [0, 0.1) is 5.82 Å². The molecule has 5 nitrogen and oxygen atoms in total. The van der Waals surface area contributed by atoms with E-state index in [1.54, 1.807) is 12.1 Å². The second-order valence-corrected chi connectivity index (χ2v) is 5.93. The summed E-state index contributed by atoms with van der Waals surface area (Å²) in [7, 11) is 0. The van der Waals surface area contributed by atoms with Crippen molar-refractivity contribution in [2.24, 2.45) is 0 Å². The van der Waals surface area contributed by atoms with Crippen LogP contribution in [0.25, 0.3) is 5.69 Å². The molecule has 0 saturated carbocycles. The second kappa shape index (κ2) is 7.70. The van der Waals surface area contributed by atoms with Gasteiger partial charge in [-0.1, -0.05) is 41.6 Å². The zero-order chi connectivity index (χ0) is 17.6. The normalized spacial score (nSPS) is 11.9. The van der Waals surface area contributed by atoms with Crippen LogP contribution in [0.2, 0.25) is 0 Å². The maximum absolute atomic E-state index is 13.3. The van der Waals surface area contributed by atoms with E-state index in [0.29, 0.717) is 5.69 Å². The number of hydrogen-bond acceptors (Lipinski definition) is 3. The third-order valence-corrected chi connectivity index (χ3v) is 3.89. The highest BCUT2D eigenvalue weighted by Gasteiger charge is 2.14. The summed E-state index contributed by atoms with van der Waals surface area (Å²) in [5, 5.41) is 10.7. The van der Waals surface area contributed by atoms with Crippen molar-refractivity contribution in [1.29, 1.82) is 0 Å². The molecule has 3 aromatic rings. The molecule has 0 aliphatic carbocycles. The Balaban J connectivity index is 1.58. The lowest BCUT2D eigenvalue weighted by molar-refractivity contribution is 0.0933. The van der Waals surface area contributed by atoms with Crippen LogP contribution < -0.4 is 5.32 Å². The van der Waals surface area contributed by atoms with E-state index in [0.717, 1.165) is 12.8 Å². The molecule has 1 amide bonds. The zero-order valence-corrected chi connectivity index (χ0v) is 13.9. The van der Waals surface area contributed by atoms with E-state index < -0.39 is 0 Å². The Kier molecular flexibility index (Phi) is 5.18. The molecule has 25 heavy (non-hydrogen) atoms. The molecule has 2 aromatic carbocycles. The molecule has 1 atom stereocenters. The molecule has 0 saturated heterocycles. The number of carbonyl (C=O) groups excluding carboxylic acids is 1. The van der Waals surface area contributed by atoms with Gasteiger partial charge in [0.05, 0.1) is 11.9 Å². The first-order valence-electron chi connectivity index (χ1n) is 8.15. The van der Waals surface area contributed by atoms with Gasteiger partial charge in [-0.25, -0.2) is 9.07 Å². The minimum Gasteiger partial charge on any atom is -0.348 e. The molecule has 128 valence electrons. The van der Waals surface area contributed by atoms with Crippen LogP contribution >= 0.6 is 0 Å². The molecule has 3 rings (SSSR count). The van der Waals surface area contributed by atoms with Crippen LogP contribution in [-0.2, 0) is 6.42 Å². The maximum atomic E-state index is 13.3. The van der Waals surface area contributed by atoms with Crippen molar-refractivity contribution in [3.63, 3.8) is 0 Å². The van der Waals surface area contributed by atoms with E-state index in [4.69, 9.17) is 0 Å². The Bertz CT molecular complexity index is 847. The van der Waals surface area contributed by atoms with Gasteiger partial charge >= 0.3 is 0 Å². The van der Waals surface area contributed by atoms with E-state index in [2.05, 4.69) is 27.8 Å². The number of benzene rings is 2. The summed E-state index contributed by atoms with van der Waals surface area (Å²) in [5.41, 5.74) is 1.96. The highest BCUT2D eigenvalue weighted by Crippen LogP contribution is 2.09. The van der Waals surface area contributed by atoms with E-state index >= 15 is 0 Å². The number of halogens is 1. The molecule has 6 heteroatoms. The number of nitrogens with zero attached hydrogens (tertiary/aromatic N) is 3. The molecule has 0 fully saturated rings. The van der Waals surface area contributed by atoms with Crippen LogP contribution in [0.1, 0.15) is 29.4 Å². The van der Waals surface area contributed by atoms with Gasteiger partial charge in [0, 0.05) is 6.04 Å². The van der Waals surface area contributed by atoms with Gasteiger partial charge in [-0.05, 0) is 43.5 Å². The predicted octanol–water partition coefficient (Wildman–Crippen LogP) is 3.16. The van der Waals surface area contributed by atoms with Gasteiger partial charge in [-0.15, -0.1) is 5.10 Å². The van der Waals surface area contributed by atoms with Crippen molar-refractivity contribution < 1.29 is 9.18 Å². The van der Waals surface area contributed by atoms with Crippen molar-refractivity contribution in [3.05, 3.63) is 77.9 Å². The Labute approximate surface area is 145 Å². The third kappa shape index (κ3) is 4.50. The standard InChI is InChI=1S/C19H19FN4O/c1-14(10-11-15-6-3-2-4-7-15)21-19(25)18-13-24(23-22-18)17-9-5-8-16(20)12-17/h2-9,12-14H,10-11H2,1H3,(H,21,25)/t14-/m1/s1. The summed E-state index contributed by atoms with van der Waals surface area (Å²) >= 11 is 0. The summed E-state index contributed by atoms with van der Waals surface area (Å²) < 4.78 is 14.7. The Hall–Kier alpha value is -3.02. The van der Waals surface area contributed by atoms with Crippen molar-refractivity contribution in [2.45, 2.75) is 25.8 Å². The van der Waals surface area contributed by atoms with E-state index in [-0.39, 0.29) is 23.5 Å². The molecular formula is C19H19FN4O. The molecular weight excluding hydrogens is 319 g/mol. The molecule has 1 N–H and O–H groups in total. The summed E-state index contributed by atoms with van der Waals surface area (Å²) in [6, 6.07) is 16.1. The summed E-state index contributed by atoms with van der Waals surface area (Å²) in [6.07, 6.45) is 3.21. The topological polar surface area (TPSA) is 59.8 Å². The minimum atomic E-state index is -0.367. The number of amides is 1. The molecule has 0 aliphatic rings. The van der Waals surface area contributed by atoms with Crippen LogP contribution in [0.5, 0.6) is 0 Å². The SMILES string of the molecule is C[C@H](CCc1ccccc1)NC(=O)c1cn(-c2cccc(F)c2)nn1. The summed E-state index contributed by atoms with van der Waals surface area (Å²) in [6.45, 7) is 1.96. The lowest BCUT2D eigenvalue weighted by atomic mass is 10.1. The smallest absolute Gasteiger partial charge is 0.273 e. The fraction of sp³-hybridized carbons (Fsp3) is 0.211. The number of aryl methyl sites for hydroxylation is 1. The van der Waals surface area contributed by atoms with Gasteiger partial charge in [0.2, 0.25) is 0 Å². The van der Waals surface area contributed by atoms with Crippen molar-refractivity contribution in [3.8, 4) is 5.69 Å². The first-order valence-corrected chi connectivity index (χ1v) is 8.15. The van der Waals surface area contributed by atoms with Gasteiger partial charge in [-0.3, -0.25) is 4.79 Å². The average molecular weight is 338 g/mol. The van der Waals surface area contributed by atoms with Crippen molar-refractivity contribution in [2.75, 3.05) is 0 Å².